The fourth-order valence-corrected chi connectivity index (χ4v) is 2.43. The highest BCUT2D eigenvalue weighted by atomic mass is 16.2. The summed E-state index contributed by atoms with van der Waals surface area (Å²) in [6.07, 6.45) is 5.14. The third-order valence-corrected chi connectivity index (χ3v) is 3.73. The Morgan fingerprint density at radius 2 is 1.38 bits per heavy atom. The lowest BCUT2D eigenvalue weighted by molar-refractivity contribution is -0.123. The number of nitrogens with one attached hydrogen (secondary N) is 1. The Kier molecular flexibility index (Phi) is 6.96. The molecule has 1 aliphatic rings. The van der Waals surface area contributed by atoms with Gasteiger partial charge >= 0.3 is 0 Å². The number of amides is 2. The molecule has 0 atom stereocenters. The van der Waals surface area contributed by atoms with Gasteiger partial charge in [0.1, 0.15) is 0 Å². The summed E-state index contributed by atoms with van der Waals surface area (Å²) in [5.74, 6) is -0.496. The molecule has 3 rings (SSSR count). The molecular weight excluding hydrogens is 298 g/mol. The standard InChI is InChI=1S/C13H12.C8H11NO2/c1-3-7-12(8-4-1)11-13-9-5-2-6-10-13;1-2-3-4-6-5-7(10)9-8(6)11/h1-10H,11H2;5H,2-4H2,1H3,(H,9,10,11). The van der Waals surface area contributed by atoms with Gasteiger partial charge in [0.15, 0.2) is 0 Å². The van der Waals surface area contributed by atoms with Crippen molar-refractivity contribution in [2.45, 2.75) is 32.6 Å². The minimum absolute atomic E-state index is 0.219. The van der Waals surface area contributed by atoms with Gasteiger partial charge in [-0.1, -0.05) is 74.0 Å². The molecule has 0 unspecified atom stereocenters. The van der Waals surface area contributed by atoms with E-state index in [4.69, 9.17) is 0 Å². The SMILES string of the molecule is CCCCC1=CC(=O)NC1=O.c1ccc(Cc2ccccc2)cc1. The summed E-state index contributed by atoms with van der Waals surface area (Å²) in [5, 5.41) is 2.21. The molecule has 0 bridgehead atoms. The third-order valence-electron chi connectivity index (χ3n) is 3.73. The zero-order chi connectivity index (χ0) is 17.2. The maximum atomic E-state index is 10.9. The first-order valence-corrected chi connectivity index (χ1v) is 8.32. The fourth-order valence-electron chi connectivity index (χ4n) is 2.43. The predicted molar refractivity (Wildman–Crippen MR) is 96.4 cm³/mol. The highest BCUT2D eigenvalue weighted by molar-refractivity contribution is 6.16. The second-order valence-electron chi connectivity index (χ2n) is 5.74. The van der Waals surface area contributed by atoms with Crippen molar-refractivity contribution in [3.63, 3.8) is 0 Å². The lowest BCUT2D eigenvalue weighted by atomic mass is 10.1. The van der Waals surface area contributed by atoms with Crippen molar-refractivity contribution in [1.82, 2.24) is 5.32 Å². The van der Waals surface area contributed by atoms with Crippen LogP contribution in [0.15, 0.2) is 72.3 Å². The number of carbonyl (C=O) groups is 2. The molecular formula is C21H23NO2. The molecule has 3 nitrogen and oxygen atoms in total. The van der Waals surface area contributed by atoms with Crippen LogP contribution in [0.4, 0.5) is 0 Å². The van der Waals surface area contributed by atoms with Gasteiger partial charge in [-0.15, -0.1) is 0 Å². The van der Waals surface area contributed by atoms with E-state index in [9.17, 15) is 9.59 Å². The molecule has 2 aromatic carbocycles. The zero-order valence-electron chi connectivity index (χ0n) is 14.0. The van der Waals surface area contributed by atoms with Crippen molar-refractivity contribution in [3.8, 4) is 0 Å². The van der Waals surface area contributed by atoms with Gasteiger partial charge in [0.05, 0.1) is 0 Å². The number of hydrogen-bond acceptors (Lipinski definition) is 2. The first-order chi connectivity index (χ1) is 11.7. The van der Waals surface area contributed by atoms with Crippen molar-refractivity contribution >= 4 is 11.8 Å². The number of carbonyl (C=O) groups excluding carboxylic acids is 2. The first-order valence-electron chi connectivity index (χ1n) is 8.32. The summed E-state index contributed by atoms with van der Waals surface area (Å²) >= 11 is 0. The van der Waals surface area contributed by atoms with Gasteiger partial charge in [-0.2, -0.15) is 0 Å². The molecule has 1 heterocycles. The topological polar surface area (TPSA) is 46.2 Å². The minimum Gasteiger partial charge on any atom is -0.289 e. The number of rotatable bonds is 5. The Bertz CT molecular complexity index is 653. The van der Waals surface area contributed by atoms with Crippen LogP contribution in [0.3, 0.4) is 0 Å². The zero-order valence-corrected chi connectivity index (χ0v) is 14.0. The average Bonchev–Trinajstić information content (AvgIpc) is 2.93. The molecule has 124 valence electrons. The third kappa shape index (κ3) is 5.84. The molecule has 3 heteroatoms. The molecule has 2 aromatic rings. The van der Waals surface area contributed by atoms with Crippen LogP contribution < -0.4 is 5.32 Å². The van der Waals surface area contributed by atoms with E-state index < -0.39 is 0 Å². The van der Waals surface area contributed by atoms with Crippen molar-refractivity contribution in [3.05, 3.63) is 83.4 Å². The van der Waals surface area contributed by atoms with E-state index >= 15 is 0 Å². The van der Waals surface area contributed by atoms with E-state index in [1.54, 1.807) is 0 Å². The monoisotopic (exact) mass is 321 g/mol. The smallest absolute Gasteiger partial charge is 0.254 e. The Labute approximate surface area is 143 Å². The lowest BCUT2D eigenvalue weighted by Gasteiger charge is -2.00. The van der Waals surface area contributed by atoms with Crippen LogP contribution in [0.1, 0.15) is 37.3 Å². The van der Waals surface area contributed by atoms with Crippen molar-refractivity contribution in [2.75, 3.05) is 0 Å². The largest absolute Gasteiger partial charge is 0.289 e. The van der Waals surface area contributed by atoms with E-state index in [0.29, 0.717) is 12.0 Å². The van der Waals surface area contributed by atoms with E-state index in [0.717, 1.165) is 19.3 Å². The maximum Gasteiger partial charge on any atom is 0.254 e. The average molecular weight is 321 g/mol. The van der Waals surface area contributed by atoms with E-state index in [1.807, 2.05) is 0 Å². The number of imide groups is 1. The molecule has 0 spiro atoms. The minimum atomic E-state index is -0.277. The van der Waals surface area contributed by atoms with E-state index in [2.05, 4.69) is 72.9 Å². The Morgan fingerprint density at radius 1 is 0.833 bits per heavy atom. The van der Waals surface area contributed by atoms with Gasteiger partial charge in [-0.05, 0) is 30.4 Å². The van der Waals surface area contributed by atoms with Crippen LogP contribution >= 0.6 is 0 Å². The van der Waals surface area contributed by atoms with Gasteiger partial charge in [0.2, 0.25) is 0 Å². The van der Waals surface area contributed by atoms with Crippen LogP contribution in [0.2, 0.25) is 0 Å². The van der Waals surface area contributed by atoms with E-state index in [-0.39, 0.29) is 11.8 Å². The molecule has 0 saturated carbocycles. The van der Waals surface area contributed by atoms with Gasteiger partial charge in [-0.25, -0.2) is 0 Å². The number of unbranched alkanes of at least 4 members (excludes halogenated alkanes) is 1. The molecule has 0 fully saturated rings. The van der Waals surface area contributed by atoms with Crippen molar-refractivity contribution in [2.24, 2.45) is 0 Å². The molecule has 1 aliphatic heterocycles. The summed E-state index contributed by atoms with van der Waals surface area (Å²) in [7, 11) is 0. The molecule has 0 radical (unpaired) electrons. The van der Waals surface area contributed by atoms with Crippen molar-refractivity contribution < 1.29 is 9.59 Å². The summed E-state index contributed by atoms with van der Waals surface area (Å²) in [6.45, 7) is 2.05. The van der Waals surface area contributed by atoms with Crippen LogP contribution in [0.25, 0.3) is 0 Å². The summed E-state index contributed by atoms with van der Waals surface area (Å²) < 4.78 is 0. The Hall–Kier alpha value is -2.68. The summed E-state index contributed by atoms with van der Waals surface area (Å²) in [6, 6.07) is 21.1. The number of hydrogen-bond donors (Lipinski definition) is 1. The van der Waals surface area contributed by atoms with Gasteiger partial charge in [0, 0.05) is 11.6 Å². The normalized spacial score (nSPS) is 13.0. The second-order valence-corrected chi connectivity index (χ2v) is 5.74. The van der Waals surface area contributed by atoms with Crippen LogP contribution in [-0.4, -0.2) is 11.8 Å². The second kappa shape index (κ2) is 9.46. The van der Waals surface area contributed by atoms with Gasteiger partial charge in [-0.3, -0.25) is 14.9 Å². The highest BCUT2D eigenvalue weighted by Gasteiger charge is 2.19. The quantitative estimate of drug-likeness (QED) is 0.845. The Balaban J connectivity index is 0.000000177. The summed E-state index contributed by atoms with van der Waals surface area (Å²) in [5.41, 5.74) is 3.36. The van der Waals surface area contributed by atoms with Gasteiger partial charge < -0.3 is 0 Å². The van der Waals surface area contributed by atoms with E-state index in [1.165, 1.54) is 17.2 Å². The Morgan fingerprint density at radius 3 is 1.79 bits per heavy atom. The fraction of sp³-hybridized carbons (Fsp3) is 0.238. The van der Waals surface area contributed by atoms with Crippen LogP contribution in [0.5, 0.6) is 0 Å². The van der Waals surface area contributed by atoms with Gasteiger partial charge in [0.25, 0.3) is 11.8 Å². The number of benzene rings is 2. The van der Waals surface area contributed by atoms with Crippen molar-refractivity contribution in [1.29, 1.82) is 0 Å². The van der Waals surface area contributed by atoms with Crippen LogP contribution in [-0.2, 0) is 16.0 Å². The summed E-state index contributed by atoms with van der Waals surface area (Å²) in [4.78, 5) is 21.5. The predicted octanol–water partition coefficient (Wildman–Crippen LogP) is 4.04. The first kappa shape index (κ1) is 17.7. The maximum absolute atomic E-state index is 10.9. The molecule has 0 aliphatic carbocycles. The molecule has 2 amide bonds. The van der Waals surface area contributed by atoms with Crippen LogP contribution in [0, 0.1) is 0 Å². The molecule has 0 saturated heterocycles. The highest BCUT2D eigenvalue weighted by Crippen LogP contribution is 2.10. The molecule has 1 N–H and O–H groups in total. The molecule has 24 heavy (non-hydrogen) atoms. The molecule has 0 aromatic heterocycles. The lowest BCUT2D eigenvalue weighted by Crippen LogP contribution is -2.22.